The average molecular weight is 583 g/mol. The molecule has 0 bridgehead atoms. The summed E-state index contributed by atoms with van der Waals surface area (Å²) in [4.78, 5) is 4.40. The Bertz CT molecular complexity index is 1310. The summed E-state index contributed by atoms with van der Waals surface area (Å²) in [6.07, 6.45) is 17.1. The van der Waals surface area contributed by atoms with Gasteiger partial charge in [-0.25, -0.2) is 12.7 Å². The highest BCUT2D eigenvalue weighted by Gasteiger charge is 2.24. The van der Waals surface area contributed by atoms with Crippen LogP contribution in [0.15, 0.2) is 52.6 Å². The molecule has 1 aromatic rings. The van der Waals surface area contributed by atoms with Crippen LogP contribution in [0.1, 0.15) is 56.6 Å². The molecule has 0 aromatic heterocycles. The van der Waals surface area contributed by atoms with Crippen LogP contribution in [0, 0.1) is 5.92 Å². The fraction of sp³-hybridized carbons (Fsp3) is 0.536. The van der Waals surface area contributed by atoms with E-state index in [2.05, 4.69) is 30.1 Å². The van der Waals surface area contributed by atoms with Crippen molar-refractivity contribution in [2.75, 3.05) is 38.8 Å². The van der Waals surface area contributed by atoms with Gasteiger partial charge in [0.1, 0.15) is 0 Å². The number of fused-ring (bicyclic) bond motifs is 1. The largest absolute Gasteiger partial charge is 0.289 e. The van der Waals surface area contributed by atoms with Crippen molar-refractivity contribution in [3.8, 4) is 0 Å². The lowest BCUT2D eigenvalue weighted by Crippen LogP contribution is -2.37. The molecule has 210 valence electrons. The summed E-state index contributed by atoms with van der Waals surface area (Å²) in [6, 6.07) is 5.96. The molecular weight excluding hydrogens is 544 g/mol. The molecule has 1 aliphatic carbocycles. The standard InChI is InChI=1S/C19H20ClNO3S.C9H19NO2S/c1-25(22,23)24-9-3-5-15-10-14-4-2-8-21-13-17(14)11-16-6-7-18(20)12-19(15)16;1-3-4-9-5-7-10(8-6-9)13(2,11)12/h2,4,6-8,10,12H,3,5,9,11,13H2,1H3;9H,3-8H2,1-2H3. The Hall–Kier alpha value is -1.78. The minimum absolute atomic E-state index is 0.178. The molecule has 2 aliphatic heterocycles. The van der Waals surface area contributed by atoms with E-state index >= 15 is 0 Å². The molecule has 38 heavy (non-hydrogen) atoms. The van der Waals surface area contributed by atoms with Crippen molar-refractivity contribution < 1.29 is 21.0 Å². The zero-order valence-electron chi connectivity index (χ0n) is 22.5. The second-order valence-corrected chi connectivity index (χ2v) is 14.1. The number of hydrogen-bond donors (Lipinski definition) is 0. The van der Waals surface area contributed by atoms with Gasteiger partial charge in [0, 0.05) is 24.3 Å². The lowest BCUT2D eigenvalue weighted by atomic mass is 9.94. The molecule has 4 rings (SSSR count). The highest BCUT2D eigenvalue weighted by Crippen LogP contribution is 2.34. The lowest BCUT2D eigenvalue weighted by Gasteiger charge is -2.29. The Balaban J connectivity index is 0.000000260. The molecule has 0 unspecified atom stereocenters. The van der Waals surface area contributed by atoms with Gasteiger partial charge in [0.25, 0.3) is 10.1 Å². The molecule has 2 heterocycles. The van der Waals surface area contributed by atoms with Crippen molar-refractivity contribution in [2.24, 2.45) is 10.9 Å². The molecule has 1 aromatic carbocycles. The Morgan fingerprint density at radius 3 is 2.53 bits per heavy atom. The van der Waals surface area contributed by atoms with Crippen molar-refractivity contribution in [3.63, 3.8) is 0 Å². The van der Waals surface area contributed by atoms with Crippen LogP contribution in [0.2, 0.25) is 5.02 Å². The van der Waals surface area contributed by atoms with E-state index in [0.29, 0.717) is 24.4 Å². The van der Waals surface area contributed by atoms with E-state index < -0.39 is 20.1 Å². The highest BCUT2D eigenvalue weighted by atomic mass is 35.5. The SMILES string of the molecule is CCCC1CCN(S(C)(=O)=O)CC1.CS(=O)(=O)OCCCC1=CC2=C(CN=CC=C2)Cc2ccc(Cl)cc21. The molecular formula is C28H39ClN2O5S2. The Morgan fingerprint density at radius 2 is 1.87 bits per heavy atom. The number of benzene rings is 1. The number of aliphatic imine (C=N–C) groups is 1. The first-order valence-corrected chi connectivity index (χ1v) is 17.2. The summed E-state index contributed by atoms with van der Waals surface area (Å²) in [5, 5.41) is 0.697. The number of halogens is 1. The lowest BCUT2D eigenvalue weighted by molar-refractivity contribution is 0.263. The molecule has 7 nitrogen and oxygen atoms in total. The molecule has 0 atom stereocenters. The van der Waals surface area contributed by atoms with Gasteiger partial charge in [-0.2, -0.15) is 8.42 Å². The van der Waals surface area contributed by atoms with Crippen LogP contribution < -0.4 is 0 Å². The molecule has 1 saturated heterocycles. The third-order valence-electron chi connectivity index (χ3n) is 6.94. The summed E-state index contributed by atoms with van der Waals surface area (Å²) in [7, 11) is -6.33. The van der Waals surface area contributed by atoms with Crippen molar-refractivity contribution in [2.45, 2.75) is 51.9 Å². The summed E-state index contributed by atoms with van der Waals surface area (Å²) in [5.41, 5.74) is 5.93. The molecule has 0 amide bonds. The first kappa shape index (κ1) is 30.8. The predicted molar refractivity (Wildman–Crippen MR) is 157 cm³/mol. The number of nitrogens with zero attached hydrogens (tertiary/aromatic N) is 2. The number of hydrogen-bond acceptors (Lipinski definition) is 6. The molecule has 0 radical (unpaired) electrons. The summed E-state index contributed by atoms with van der Waals surface area (Å²) >= 11 is 6.21. The number of piperidine rings is 1. The minimum Gasteiger partial charge on any atom is -0.289 e. The minimum atomic E-state index is -3.40. The van der Waals surface area contributed by atoms with E-state index in [9.17, 15) is 16.8 Å². The quantitative estimate of drug-likeness (QED) is 0.301. The van der Waals surface area contributed by atoms with E-state index in [0.717, 1.165) is 55.7 Å². The van der Waals surface area contributed by atoms with E-state index in [4.69, 9.17) is 15.8 Å². The van der Waals surface area contributed by atoms with Gasteiger partial charge in [-0.15, -0.1) is 0 Å². The predicted octanol–water partition coefficient (Wildman–Crippen LogP) is 5.43. The maximum absolute atomic E-state index is 11.2. The van der Waals surface area contributed by atoms with Gasteiger partial charge in [0.2, 0.25) is 10.0 Å². The summed E-state index contributed by atoms with van der Waals surface area (Å²) in [6.45, 7) is 4.50. The Morgan fingerprint density at radius 1 is 1.13 bits per heavy atom. The molecule has 0 spiro atoms. The second kappa shape index (κ2) is 14.0. The van der Waals surface area contributed by atoms with Crippen molar-refractivity contribution in [1.29, 1.82) is 0 Å². The van der Waals surface area contributed by atoms with Gasteiger partial charge >= 0.3 is 0 Å². The smallest absolute Gasteiger partial charge is 0.264 e. The highest BCUT2D eigenvalue weighted by molar-refractivity contribution is 7.88. The van der Waals surface area contributed by atoms with E-state index in [1.165, 1.54) is 35.8 Å². The third-order valence-corrected chi connectivity index (χ3v) is 9.07. The van der Waals surface area contributed by atoms with Gasteiger partial charge < -0.3 is 0 Å². The normalized spacial score (nSPS) is 18.6. The molecule has 0 N–H and O–H groups in total. The van der Waals surface area contributed by atoms with E-state index in [-0.39, 0.29) is 6.61 Å². The third kappa shape index (κ3) is 9.75. The van der Waals surface area contributed by atoms with E-state index in [1.807, 2.05) is 24.4 Å². The maximum Gasteiger partial charge on any atom is 0.264 e. The zero-order chi connectivity index (χ0) is 27.8. The van der Waals surface area contributed by atoms with Crippen molar-refractivity contribution >= 4 is 43.5 Å². The van der Waals surface area contributed by atoms with Gasteiger partial charge in [-0.3, -0.25) is 9.18 Å². The topological polar surface area (TPSA) is 93.1 Å². The first-order valence-electron chi connectivity index (χ1n) is 13.1. The van der Waals surface area contributed by atoms with Crippen LogP contribution in [0.5, 0.6) is 0 Å². The molecule has 0 saturated carbocycles. The Labute approximate surface area is 233 Å². The van der Waals surface area contributed by atoms with Gasteiger partial charge in [0.15, 0.2) is 0 Å². The molecule has 3 aliphatic rings. The summed E-state index contributed by atoms with van der Waals surface area (Å²) in [5.74, 6) is 0.753. The van der Waals surface area contributed by atoms with Crippen LogP contribution >= 0.6 is 11.6 Å². The molecule has 10 heteroatoms. The maximum atomic E-state index is 11.2. The number of rotatable bonds is 8. The van der Waals surface area contributed by atoms with E-state index in [1.54, 1.807) is 4.31 Å². The fourth-order valence-corrected chi connectivity index (χ4v) is 6.47. The average Bonchev–Trinajstić information content (AvgIpc) is 3.14. The van der Waals surface area contributed by atoms with Crippen LogP contribution in [-0.2, 0) is 30.7 Å². The van der Waals surface area contributed by atoms with Crippen LogP contribution in [-0.4, -0.2) is 66.1 Å². The van der Waals surface area contributed by atoms with Crippen molar-refractivity contribution in [1.82, 2.24) is 4.31 Å². The molecule has 1 fully saturated rings. The van der Waals surface area contributed by atoms with Gasteiger partial charge in [-0.1, -0.05) is 49.6 Å². The van der Waals surface area contributed by atoms with Crippen molar-refractivity contribution in [3.05, 3.63) is 63.7 Å². The number of sulfonamides is 1. The van der Waals surface area contributed by atoms with Crippen LogP contribution in [0.4, 0.5) is 0 Å². The number of allylic oxidation sites excluding steroid dienone is 5. The zero-order valence-corrected chi connectivity index (χ0v) is 24.9. The second-order valence-electron chi connectivity index (χ2n) is 10.1. The first-order chi connectivity index (χ1) is 18.0. The fourth-order valence-electron chi connectivity index (χ4n) is 5.00. The summed E-state index contributed by atoms with van der Waals surface area (Å²) < 4.78 is 51.1. The van der Waals surface area contributed by atoms with Crippen LogP contribution in [0.3, 0.4) is 0 Å². The van der Waals surface area contributed by atoms with Gasteiger partial charge in [-0.05, 0) is 84.1 Å². The Kier molecular flexibility index (Phi) is 11.4. The monoisotopic (exact) mass is 582 g/mol. The van der Waals surface area contributed by atoms with Gasteiger partial charge in [0.05, 0.1) is 25.7 Å². The van der Waals surface area contributed by atoms with Crippen LogP contribution in [0.25, 0.3) is 5.57 Å².